The molecule has 2 aliphatic heterocycles. The molecule has 0 aromatic heterocycles. The van der Waals surface area contributed by atoms with Crippen LogP contribution in [0.3, 0.4) is 0 Å². The molecule has 1 atom stereocenters. The van der Waals surface area contributed by atoms with Gasteiger partial charge in [-0.05, 0) is 12.1 Å². The number of rotatable bonds is 0. The molecule has 1 saturated heterocycles. The standard InChI is InChI=1S/C12H15N3O.BHNS/c16-12-7-9-8-13-5-6-15(9)11-4-2-1-3-10(11)14-12;1-2-3/h1-4,9,13H,5-8H2,(H,14,16);3H. The van der Waals surface area contributed by atoms with Crippen molar-refractivity contribution in [1.82, 2.24) is 5.32 Å². The Bertz CT molecular complexity index is 471. The van der Waals surface area contributed by atoms with Crippen LogP contribution in [0.25, 0.3) is 0 Å². The van der Waals surface area contributed by atoms with Crippen LogP contribution in [-0.2, 0) is 4.79 Å². The number of benzene rings is 1. The molecule has 2 N–H and O–H groups in total. The molecular weight excluding hydrogens is 259 g/mol. The summed E-state index contributed by atoms with van der Waals surface area (Å²) in [6, 6.07) is 8.32. The van der Waals surface area contributed by atoms with Crippen molar-refractivity contribution in [3.63, 3.8) is 0 Å². The van der Waals surface area contributed by atoms with E-state index in [0.717, 1.165) is 31.0 Å². The Labute approximate surface area is 119 Å². The molecule has 0 aliphatic carbocycles. The fraction of sp³-hybridized carbons (Fsp3) is 0.417. The number of fused-ring (bicyclic) bond motifs is 3. The fourth-order valence-corrected chi connectivity index (χ4v) is 2.51. The zero-order valence-electron chi connectivity index (χ0n) is 10.5. The van der Waals surface area contributed by atoms with Crippen molar-refractivity contribution in [2.75, 3.05) is 29.9 Å². The maximum absolute atomic E-state index is 11.7. The van der Waals surface area contributed by atoms with Gasteiger partial charge in [0, 0.05) is 26.1 Å². The SMILES string of the molecule is O=C1CC2CNCCN2c2ccccc2N1.[B]=NS. The Morgan fingerprint density at radius 2 is 2.16 bits per heavy atom. The van der Waals surface area contributed by atoms with Crippen molar-refractivity contribution in [1.29, 1.82) is 0 Å². The Kier molecular flexibility index (Phi) is 4.98. The molecule has 5 nitrogen and oxygen atoms in total. The van der Waals surface area contributed by atoms with E-state index < -0.39 is 0 Å². The van der Waals surface area contributed by atoms with Gasteiger partial charge in [0.15, 0.2) is 0 Å². The number of hydrogen-bond donors (Lipinski definition) is 3. The van der Waals surface area contributed by atoms with Crippen LogP contribution in [-0.4, -0.2) is 39.2 Å². The molecule has 0 saturated carbocycles. The second-order valence-electron chi connectivity index (χ2n) is 4.44. The first-order valence-electron chi connectivity index (χ1n) is 6.16. The van der Waals surface area contributed by atoms with Crippen molar-refractivity contribution in [3.05, 3.63) is 24.3 Å². The van der Waals surface area contributed by atoms with Crippen molar-refractivity contribution in [2.24, 2.45) is 4.30 Å². The monoisotopic (exact) mass is 275 g/mol. The van der Waals surface area contributed by atoms with E-state index in [4.69, 9.17) is 0 Å². The van der Waals surface area contributed by atoms with Crippen molar-refractivity contribution in [2.45, 2.75) is 12.5 Å². The average Bonchev–Trinajstić information content (AvgIpc) is 2.55. The van der Waals surface area contributed by atoms with Gasteiger partial charge in [-0.1, -0.05) is 12.1 Å². The summed E-state index contributed by atoms with van der Waals surface area (Å²) >= 11 is 3.19. The van der Waals surface area contributed by atoms with Gasteiger partial charge in [-0.2, -0.15) is 0 Å². The zero-order valence-corrected chi connectivity index (χ0v) is 11.4. The van der Waals surface area contributed by atoms with E-state index in [2.05, 4.69) is 46.4 Å². The second-order valence-corrected chi connectivity index (χ2v) is 4.67. The van der Waals surface area contributed by atoms with Crippen LogP contribution >= 0.6 is 12.8 Å². The Morgan fingerprint density at radius 1 is 1.42 bits per heavy atom. The van der Waals surface area contributed by atoms with Gasteiger partial charge in [0.05, 0.1) is 17.4 Å². The molecule has 0 spiro atoms. The number of thiol groups is 1. The first-order chi connectivity index (χ1) is 9.26. The summed E-state index contributed by atoms with van der Waals surface area (Å²) in [5.74, 6) is 0.114. The van der Waals surface area contributed by atoms with Crippen LogP contribution in [0.15, 0.2) is 28.6 Å². The first-order valence-corrected chi connectivity index (χ1v) is 6.56. The van der Waals surface area contributed by atoms with E-state index in [1.165, 1.54) is 0 Å². The summed E-state index contributed by atoms with van der Waals surface area (Å²) in [5, 5.41) is 6.31. The molecule has 3 rings (SSSR count). The number of hydrogen-bond acceptors (Lipinski definition) is 5. The fourth-order valence-electron chi connectivity index (χ4n) is 2.51. The Hall–Kier alpha value is -1.34. The molecule has 99 valence electrons. The number of nitrogens with zero attached hydrogens (tertiary/aromatic N) is 2. The summed E-state index contributed by atoms with van der Waals surface area (Å²) in [6.45, 7) is 2.84. The molecule has 1 amide bonds. The summed E-state index contributed by atoms with van der Waals surface area (Å²) in [5.41, 5.74) is 2.09. The van der Waals surface area contributed by atoms with Crippen LogP contribution in [0.4, 0.5) is 11.4 Å². The third-order valence-corrected chi connectivity index (χ3v) is 3.26. The van der Waals surface area contributed by atoms with E-state index in [-0.39, 0.29) is 11.9 Å². The van der Waals surface area contributed by atoms with E-state index in [9.17, 15) is 4.79 Å². The van der Waals surface area contributed by atoms with Crippen LogP contribution < -0.4 is 15.5 Å². The molecule has 1 aromatic rings. The van der Waals surface area contributed by atoms with Gasteiger partial charge in [-0.25, -0.2) is 0 Å². The van der Waals surface area contributed by atoms with E-state index in [1.807, 2.05) is 18.2 Å². The van der Waals surface area contributed by atoms with Gasteiger partial charge in [0.1, 0.15) is 0 Å². The predicted octanol–water partition coefficient (Wildman–Crippen LogP) is 0.990. The second kappa shape index (κ2) is 6.72. The first kappa shape index (κ1) is 14.1. The minimum atomic E-state index is 0.114. The molecule has 1 fully saturated rings. The van der Waals surface area contributed by atoms with Crippen molar-refractivity contribution >= 4 is 37.7 Å². The number of anilines is 2. The molecular formula is C12H16BN4OS. The van der Waals surface area contributed by atoms with Crippen LogP contribution in [0, 0.1) is 0 Å². The topological polar surface area (TPSA) is 56.7 Å². The number of nitrogens with one attached hydrogen (secondary N) is 2. The van der Waals surface area contributed by atoms with Crippen molar-refractivity contribution < 1.29 is 4.79 Å². The quantitative estimate of drug-likeness (QED) is 0.489. The third-order valence-electron chi connectivity index (χ3n) is 3.26. The Morgan fingerprint density at radius 3 is 2.95 bits per heavy atom. The maximum atomic E-state index is 11.7. The van der Waals surface area contributed by atoms with Gasteiger partial charge < -0.3 is 15.5 Å². The van der Waals surface area contributed by atoms with Crippen LogP contribution in [0.1, 0.15) is 6.42 Å². The Balaban J connectivity index is 0.000000408. The summed E-state index contributed by atoms with van der Waals surface area (Å²) in [6.07, 6.45) is 0.571. The number of carbonyl (C=O) groups is 1. The number of carbonyl (C=O) groups excluding carboxylic acids is 1. The molecule has 1 unspecified atom stereocenters. The van der Waals surface area contributed by atoms with Gasteiger partial charge in [0.25, 0.3) is 0 Å². The molecule has 7 heteroatoms. The molecule has 2 aliphatic rings. The third kappa shape index (κ3) is 3.36. The van der Waals surface area contributed by atoms with E-state index in [1.54, 1.807) is 0 Å². The van der Waals surface area contributed by atoms with Gasteiger partial charge >= 0.3 is 24.8 Å². The van der Waals surface area contributed by atoms with Crippen molar-refractivity contribution in [3.8, 4) is 0 Å². The normalized spacial score (nSPS) is 20.9. The van der Waals surface area contributed by atoms with E-state index >= 15 is 0 Å². The van der Waals surface area contributed by atoms with Gasteiger partial charge in [-0.15, -0.1) is 0 Å². The van der Waals surface area contributed by atoms with Gasteiger partial charge in [-0.3, -0.25) is 4.79 Å². The molecule has 1 aromatic carbocycles. The average molecular weight is 275 g/mol. The number of piperazine rings is 1. The predicted molar refractivity (Wildman–Crippen MR) is 80.9 cm³/mol. The van der Waals surface area contributed by atoms with Crippen LogP contribution in [0.2, 0.25) is 0 Å². The number of amides is 1. The molecule has 1 radical (unpaired) electrons. The zero-order chi connectivity index (χ0) is 13.7. The van der Waals surface area contributed by atoms with E-state index in [0.29, 0.717) is 6.42 Å². The molecule has 2 heterocycles. The molecule has 0 bridgehead atoms. The summed E-state index contributed by atoms with van der Waals surface area (Å²) < 4.78 is 2.69. The van der Waals surface area contributed by atoms with Gasteiger partial charge in [0.2, 0.25) is 5.91 Å². The summed E-state index contributed by atoms with van der Waals surface area (Å²) in [7, 11) is 4.34. The number of para-hydroxylation sites is 2. The summed E-state index contributed by atoms with van der Waals surface area (Å²) in [4.78, 5) is 14.1. The van der Waals surface area contributed by atoms with Crippen LogP contribution in [0.5, 0.6) is 0 Å². The minimum absolute atomic E-state index is 0.114. The molecule has 19 heavy (non-hydrogen) atoms.